The number of anilines is 1. The second kappa shape index (κ2) is 5.16. The molecular formula is C13H19NO4. The van der Waals surface area contributed by atoms with Gasteiger partial charge in [-0.2, -0.15) is 0 Å². The number of benzene rings is 1. The van der Waals surface area contributed by atoms with Crippen molar-refractivity contribution in [1.82, 2.24) is 0 Å². The largest absolute Gasteiger partial charge is 0.494 e. The maximum absolute atomic E-state index is 11.9. The lowest BCUT2D eigenvalue weighted by molar-refractivity contribution is 0.00689. The van der Waals surface area contributed by atoms with Crippen molar-refractivity contribution in [3.05, 3.63) is 17.7 Å². The summed E-state index contributed by atoms with van der Waals surface area (Å²) in [6, 6.07) is 3.07. The van der Waals surface area contributed by atoms with E-state index in [-0.39, 0.29) is 0 Å². The highest BCUT2D eigenvalue weighted by Gasteiger charge is 2.20. The Morgan fingerprint density at radius 2 is 1.56 bits per heavy atom. The molecule has 0 spiro atoms. The fraction of sp³-hybridized carbons (Fsp3) is 0.462. The van der Waals surface area contributed by atoms with Gasteiger partial charge in [0.25, 0.3) is 0 Å². The molecule has 1 aromatic rings. The van der Waals surface area contributed by atoms with Crippen LogP contribution in [0.25, 0.3) is 0 Å². The molecule has 100 valence electrons. The first-order valence-electron chi connectivity index (χ1n) is 5.53. The number of ether oxygens (including phenoxy) is 3. The van der Waals surface area contributed by atoms with Gasteiger partial charge in [-0.25, -0.2) is 4.79 Å². The van der Waals surface area contributed by atoms with E-state index in [1.165, 1.54) is 26.4 Å². The molecule has 0 heterocycles. The molecule has 0 saturated carbocycles. The van der Waals surface area contributed by atoms with Crippen LogP contribution < -0.4 is 15.2 Å². The molecule has 0 amide bonds. The number of carbonyl (C=O) groups excluding carboxylic acids is 1. The minimum atomic E-state index is -0.557. The zero-order valence-corrected chi connectivity index (χ0v) is 11.4. The number of methoxy groups -OCH3 is 2. The smallest absolute Gasteiger partial charge is 0.338 e. The molecule has 0 aliphatic rings. The van der Waals surface area contributed by atoms with Crippen molar-refractivity contribution in [2.45, 2.75) is 26.4 Å². The molecule has 0 unspecified atom stereocenters. The second-order valence-corrected chi connectivity index (χ2v) is 4.80. The van der Waals surface area contributed by atoms with Gasteiger partial charge in [0.2, 0.25) is 0 Å². The van der Waals surface area contributed by atoms with Crippen LogP contribution in [-0.2, 0) is 4.74 Å². The third kappa shape index (κ3) is 3.29. The van der Waals surface area contributed by atoms with E-state index >= 15 is 0 Å². The molecule has 0 saturated heterocycles. The lowest BCUT2D eigenvalue weighted by atomic mass is 10.1. The van der Waals surface area contributed by atoms with Crippen molar-refractivity contribution in [2.24, 2.45) is 0 Å². The molecule has 5 heteroatoms. The highest BCUT2D eigenvalue weighted by molar-refractivity contribution is 5.92. The van der Waals surface area contributed by atoms with Gasteiger partial charge in [0, 0.05) is 0 Å². The first-order chi connectivity index (χ1) is 8.28. The van der Waals surface area contributed by atoms with E-state index in [4.69, 9.17) is 19.9 Å². The summed E-state index contributed by atoms with van der Waals surface area (Å²) in [6.45, 7) is 5.41. The van der Waals surface area contributed by atoms with Gasteiger partial charge in [0.05, 0.1) is 19.8 Å². The molecule has 0 bridgehead atoms. The van der Waals surface area contributed by atoms with Gasteiger partial charge in [-0.05, 0) is 32.9 Å². The van der Waals surface area contributed by atoms with E-state index in [0.717, 1.165) is 0 Å². The summed E-state index contributed by atoms with van der Waals surface area (Å²) in [5, 5.41) is 0. The van der Waals surface area contributed by atoms with Gasteiger partial charge >= 0.3 is 5.97 Å². The zero-order chi connectivity index (χ0) is 13.9. The maximum Gasteiger partial charge on any atom is 0.338 e. The van der Waals surface area contributed by atoms with Crippen molar-refractivity contribution in [2.75, 3.05) is 20.0 Å². The number of nitrogen functional groups attached to an aromatic ring is 1. The van der Waals surface area contributed by atoms with Crippen LogP contribution in [0.3, 0.4) is 0 Å². The number of esters is 1. The Bertz CT molecular complexity index is 424. The number of nitrogens with two attached hydrogens (primary N) is 1. The monoisotopic (exact) mass is 253 g/mol. The summed E-state index contributed by atoms with van der Waals surface area (Å²) in [7, 11) is 2.95. The molecule has 2 N–H and O–H groups in total. The lowest BCUT2D eigenvalue weighted by Crippen LogP contribution is -2.24. The van der Waals surface area contributed by atoms with E-state index < -0.39 is 11.6 Å². The highest BCUT2D eigenvalue weighted by atomic mass is 16.6. The summed E-state index contributed by atoms with van der Waals surface area (Å²) < 4.78 is 15.5. The zero-order valence-electron chi connectivity index (χ0n) is 11.4. The van der Waals surface area contributed by atoms with Crippen molar-refractivity contribution in [3.63, 3.8) is 0 Å². The number of carbonyl (C=O) groups is 1. The summed E-state index contributed by atoms with van der Waals surface area (Å²) >= 11 is 0. The fourth-order valence-corrected chi connectivity index (χ4v) is 1.39. The van der Waals surface area contributed by atoms with E-state index in [2.05, 4.69) is 0 Å². The van der Waals surface area contributed by atoms with Crippen LogP contribution in [0.2, 0.25) is 0 Å². The molecule has 0 fully saturated rings. The third-order valence-electron chi connectivity index (χ3n) is 2.18. The van der Waals surface area contributed by atoms with E-state index in [0.29, 0.717) is 22.7 Å². The van der Waals surface area contributed by atoms with E-state index in [1.54, 1.807) is 20.8 Å². The van der Waals surface area contributed by atoms with Crippen LogP contribution in [-0.4, -0.2) is 25.8 Å². The molecule has 0 atom stereocenters. The van der Waals surface area contributed by atoms with Gasteiger partial charge in [-0.1, -0.05) is 0 Å². The molecule has 5 nitrogen and oxygen atoms in total. The molecule has 0 radical (unpaired) electrons. The summed E-state index contributed by atoms with van der Waals surface area (Å²) in [6.07, 6.45) is 0. The third-order valence-corrected chi connectivity index (χ3v) is 2.18. The number of hydrogen-bond acceptors (Lipinski definition) is 5. The minimum absolute atomic E-state index is 0.341. The Morgan fingerprint density at radius 3 is 1.89 bits per heavy atom. The molecule has 1 aromatic carbocycles. The Kier molecular flexibility index (Phi) is 4.06. The Morgan fingerprint density at radius 1 is 1.11 bits per heavy atom. The van der Waals surface area contributed by atoms with Crippen LogP contribution in [0.5, 0.6) is 11.5 Å². The number of rotatable bonds is 3. The van der Waals surface area contributed by atoms with E-state index in [1.807, 2.05) is 0 Å². The molecule has 18 heavy (non-hydrogen) atoms. The Hall–Kier alpha value is -1.91. The Balaban J connectivity index is 3.14. The summed E-state index contributed by atoms with van der Waals surface area (Å²) in [5.74, 6) is 0.324. The Labute approximate surface area is 107 Å². The maximum atomic E-state index is 11.9. The molecule has 1 rings (SSSR count). The first-order valence-corrected chi connectivity index (χ1v) is 5.53. The standard InChI is InChI=1S/C13H19NO4/c1-13(2,3)18-12(15)8-6-9(16-4)11(14)10(7-8)17-5/h6-7H,14H2,1-5H3. The van der Waals surface area contributed by atoms with Gasteiger partial charge in [0.1, 0.15) is 22.8 Å². The predicted octanol–water partition coefficient (Wildman–Crippen LogP) is 2.24. The normalized spacial score (nSPS) is 10.9. The quantitative estimate of drug-likeness (QED) is 0.660. The van der Waals surface area contributed by atoms with Crippen molar-refractivity contribution < 1.29 is 19.0 Å². The minimum Gasteiger partial charge on any atom is -0.494 e. The number of hydrogen-bond donors (Lipinski definition) is 1. The molecule has 0 aliphatic heterocycles. The average molecular weight is 253 g/mol. The van der Waals surface area contributed by atoms with Crippen LogP contribution >= 0.6 is 0 Å². The van der Waals surface area contributed by atoms with Crippen LogP contribution in [0, 0.1) is 0 Å². The highest BCUT2D eigenvalue weighted by Crippen LogP contribution is 2.33. The summed E-state index contributed by atoms with van der Waals surface area (Å²) in [5.41, 5.74) is 5.94. The average Bonchev–Trinajstić information content (AvgIpc) is 2.27. The predicted molar refractivity (Wildman–Crippen MR) is 69.1 cm³/mol. The SMILES string of the molecule is COc1cc(C(=O)OC(C)(C)C)cc(OC)c1N. The van der Waals surface area contributed by atoms with Gasteiger partial charge in [-0.3, -0.25) is 0 Å². The first kappa shape index (κ1) is 14.2. The van der Waals surface area contributed by atoms with Crippen LogP contribution in [0.15, 0.2) is 12.1 Å². The van der Waals surface area contributed by atoms with Gasteiger partial charge in [0.15, 0.2) is 0 Å². The molecular weight excluding hydrogens is 234 g/mol. The van der Waals surface area contributed by atoms with Gasteiger partial charge < -0.3 is 19.9 Å². The van der Waals surface area contributed by atoms with E-state index in [9.17, 15) is 4.79 Å². The van der Waals surface area contributed by atoms with Crippen LogP contribution in [0.4, 0.5) is 5.69 Å². The summed E-state index contributed by atoms with van der Waals surface area (Å²) in [4.78, 5) is 11.9. The van der Waals surface area contributed by atoms with Gasteiger partial charge in [-0.15, -0.1) is 0 Å². The topological polar surface area (TPSA) is 70.8 Å². The molecule has 0 aromatic heterocycles. The van der Waals surface area contributed by atoms with Crippen molar-refractivity contribution >= 4 is 11.7 Å². The fourth-order valence-electron chi connectivity index (χ4n) is 1.39. The van der Waals surface area contributed by atoms with Crippen LogP contribution in [0.1, 0.15) is 31.1 Å². The van der Waals surface area contributed by atoms with Crippen molar-refractivity contribution in [3.8, 4) is 11.5 Å². The van der Waals surface area contributed by atoms with Crippen molar-refractivity contribution in [1.29, 1.82) is 0 Å². The molecule has 0 aliphatic carbocycles. The lowest BCUT2D eigenvalue weighted by Gasteiger charge is -2.20. The second-order valence-electron chi connectivity index (χ2n) is 4.80.